The summed E-state index contributed by atoms with van der Waals surface area (Å²) in [7, 11) is 1.62. The van der Waals surface area contributed by atoms with Gasteiger partial charge in [-0.2, -0.15) is 0 Å². The zero-order valence-corrected chi connectivity index (χ0v) is 17.7. The van der Waals surface area contributed by atoms with Gasteiger partial charge in [0, 0.05) is 30.0 Å². The molecule has 0 spiro atoms. The number of hydrogen-bond donors (Lipinski definition) is 2. The molecular formula is C24H23N5O3. The fourth-order valence-electron chi connectivity index (χ4n) is 3.89. The number of para-hydroxylation sites is 1. The molecule has 0 bridgehead atoms. The number of pyridine rings is 1. The predicted octanol–water partition coefficient (Wildman–Crippen LogP) is 3.57. The highest BCUT2D eigenvalue weighted by Crippen LogP contribution is 2.32. The molecule has 3 heterocycles. The van der Waals surface area contributed by atoms with Crippen molar-refractivity contribution in [2.45, 2.75) is 0 Å². The van der Waals surface area contributed by atoms with Crippen molar-refractivity contribution in [1.29, 1.82) is 0 Å². The smallest absolute Gasteiger partial charge is 0.262 e. The molecule has 0 unspecified atom stereocenters. The first kappa shape index (κ1) is 20.0. The van der Waals surface area contributed by atoms with Crippen molar-refractivity contribution in [3.8, 4) is 17.0 Å². The molecule has 0 atom stereocenters. The number of methoxy groups -OCH3 is 1. The monoisotopic (exact) mass is 429 g/mol. The van der Waals surface area contributed by atoms with Gasteiger partial charge in [0.2, 0.25) is 0 Å². The third-order valence-electron chi connectivity index (χ3n) is 5.51. The lowest BCUT2D eigenvalue weighted by Gasteiger charge is -2.28. The molecule has 2 aromatic heterocycles. The average Bonchev–Trinajstić information content (AvgIpc) is 2.85. The molecular weight excluding hydrogens is 406 g/mol. The van der Waals surface area contributed by atoms with Crippen LogP contribution < -0.4 is 20.5 Å². The van der Waals surface area contributed by atoms with E-state index in [1.54, 1.807) is 13.2 Å². The summed E-state index contributed by atoms with van der Waals surface area (Å²) in [4.78, 5) is 26.7. The Bertz CT molecular complexity index is 1300. The maximum absolute atomic E-state index is 12.6. The van der Waals surface area contributed by atoms with Crippen LogP contribution in [0.3, 0.4) is 0 Å². The highest BCUT2D eigenvalue weighted by Gasteiger charge is 2.15. The van der Waals surface area contributed by atoms with Crippen molar-refractivity contribution in [2.75, 3.05) is 43.6 Å². The van der Waals surface area contributed by atoms with E-state index in [1.165, 1.54) is 6.33 Å². The Hall–Kier alpha value is -3.91. The average molecular weight is 429 g/mol. The molecule has 1 fully saturated rings. The van der Waals surface area contributed by atoms with Gasteiger partial charge in [-0.1, -0.05) is 12.1 Å². The summed E-state index contributed by atoms with van der Waals surface area (Å²) >= 11 is 0. The Morgan fingerprint density at radius 3 is 2.66 bits per heavy atom. The van der Waals surface area contributed by atoms with E-state index in [2.05, 4.69) is 32.3 Å². The van der Waals surface area contributed by atoms with Gasteiger partial charge in [0.1, 0.15) is 17.0 Å². The molecule has 2 aromatic carbocycles. The quantitative estimate of drug-likeness (QED) is 0.501. The number of rotatable bonds is 5. The van der Waals surface area contributed by atoms with Crippen molar-refractivity contribution >= 4 is 28.1 Å². The normalized spacial score (nSPS) is 13.8. The van der Waals surface area contributed by atoms with E-state index in [1.807, 2.05) is 36.4 Å². The van der Waals surface area contributed by atoms with Gasteiger partial charge >= 0.3 is 0 Å². The molecule has 0 amide bonds. The second-order valence-electron chi connectivity index (χ2n) is 7.45. The third-order valence-corrected chi connectivity index (χ3v) is 5.51. The summed E-state index contributed by atoms with van der Waals surface area (Å²) in [6, 6.07) is 17.5. The Morgan fingerprint density at radius 1 is 1.09 bits per heavy atom. The second kappa shape index (κ2) is 8.68. The molecule has 0 radical (unpaired) electrons. The summed E-state index contributed by atoms with van der Waals surface area (Å²) in [6.45, 7) is 3.23. The number of ether oxygens (including phenoxy) is 2. The zero-order chi connectivity index (χ0) is 21.9. The largest absolute Gasteiger partial charge is 0.496 e. The van der Waals surface area contributed by atoms with E-state index >= 15 is 0 Å². The minimum atomic E-state index is -0.249. The summed E-state index contributed by atoms with van der Waals surface area (Å²) in [5.74, 6) is 1.14. The fraction of sp³-hybridized carbons (Fsp3) is 0.208. The fourth-order valence-corrected chi connectivity index (χ4v) is 3.89. The van der Waals surface area contributed by atoms with Crippen LogP contribution >= 0.6 is 0 Å². The van der Waals surface area contributed by atoms with Crippen LogP contribution in [0.25, 0.3) is 22.2 Å². The van der Waals surface area contributed by atoms with Crippen molar-refractivity contribution in [3.63, 3.8) is 0 Å². The number of aromatic amines is 1. The van der Waals surface area contributed by atoms with Crippen LogP contribution in [0.2, 0.25) is 0 Å². The standard InChI is InChI=1S/C24H23N5O3/c1-31-21-5-3-2-4-18(21)19-14-20-22(24(30)26-15-25-20)23(28-19)27-16-6-8-17(9-7-16)29-10-12-32-13-11-29/h2-9,14-15H,10-13H2,1H3,(H,27,28)(H,25,26,30). The van der Waals surface area contributed by atoms with E-state index in [-0.39, 0.29) is 5.56 Å². The number of aromatic nitrogens is 3. The molecule has 4 aromatic rings. The van der Waals surface area contributed by atoms with Gasteiger partial charge in [0.15, 0.2) is 0 Å². The van der Waals surface area contributed by atoms with Gasteiger partial charge < -0.3 is 24.7 Å². The minimum Gasteiger partial charge on any atom is -0.496 e. The van der Waals surface area contributed by atoms with E-state index in [4.69, 9.17) is 14.5 Å². The summed E-state index contributed by atoms with van der Waals surface area (Å²) < 4.78 is 10.9. The molecule has 1 aliphatic rings. The molecule has 0 saturated carbocycles. The molecule has 5 rings (SSSR count). The number of nitrogens with one attached hydrogen (secondary N) is 2. The van der Waals surface area contributed by atoms with Crippen LogP contribution in [0.4, 0.5) is 17.2 Å². The third kappa shape index (κ3) is 3.88. The number of H-pyrrole nitrogens is 1. The Labute approximate surface area is 184 Å². The lowest BCUT2D eigenvalue weighted by Crippen LogP contribution is -2.36. The number of benzene rings is 2. The van der Waals surface area contributed by atoms with Crippen LogP contribution in [0.1, 0.15) is 0 Å². The molecule has 8 heteroatoms. The van der Waals surface area contributed by atoms with Crippen LogP contribution in [-0.2, 0) is 4.74 Å². The van der Waals surface area contributed by atoms with Crippen LogP contribution in [0.5, 0.6) is 5.75 Å². The van der Waals surface area contributed by atoms with Crippen molar-refractivity contribution in [3.05, 3.63) is 71.3 Å². The molecule has 1 saturated heterocycles. The Morgan fingerprint density at radius 2 is 1.88 bits per heavy atom. The minimum absolute atomic E-state index is 0.249. The number of morpholine rings is 1. The summed E-state index contributed by atoms with van der Waals surface area (Å²) in [6.07, 6.45) is 1.40. The molecule has 0 aliphatic carbocycles. The van der Waals surface area contributed by atoms with Crippen LogP contribution in [0.15, 0.2) is 65.7 Å². The van der Waals surface area contributed by atoms with Crippen LogP contribution in [0, 0.1) is 0 Å². The predicted molar refractivity (Wildman–Crippen MR) is 125 cm³/mol. The van der Waals surface area contributed by atoms with Gasteiger partial charge in [0.05, 0.1) is 37.9 Å². The molecule has 8 nitrogen and oxygen atoms in total. The number of nitrogens with zero attached hydrogens (tertiary/aromatic N) is 3. The molecule has 2 N–H and O–H groups in total. The lowest BCUT2D eigenvalue weighted by atomic mass is 10.1. The maximum Gasteiger partial charge on any atom is 0.262 e. The van der Waals surface area contributed by atoms with Crippen LogP contribution in [-0.4, -0.2) is 48.4 Å². The number of anilines is 3. The van der Waals surface area contributed by atoms with Gasteiger partial charge in [0.25, 0.3) is 5.56 Å². The maximum atomic E-state index is 12.6. The van der Waals surface area contributed by atoms with Crippen molar-refractivity contribution < 1.29 is 9.47 Å². The first-order valence-electron chi connectivity index (χ1n) is 10.4. The Balaban J connectivity index is 1.54. The highest BCUT2D eigenvalue weighted by molar-refractivity contribution is 5.93. The SMILES string of the molecule is COc1ccccc1-c1cc2nc[nH]c(=O)c2c(Nc2ccc(N3CCOCC3)cc2)n1. The zero-order valence-electron chi connectivity index (χ0n) is 17.7. The Kier molecular flexibility index (Phi) is 5.43. The molecule has 1 aliphatic heterocycles. The van der Waals surface area contributed by atoms with E-state index in [0.717, 1.165) is 43.2 Å². The first-order valence-corrected chi connectivity index (χ1v) is 10.4. The van der Waals surface area contributed by atoms with E-state index < -0.39 is 0 Å². The van der Waals surface area contributed by atoms with Crippen molar-refractivity contribution in [1.82, 2.24) is 15.0 Å². The highest BCUT2D eigenvalue weighted by atomic mass is 16.5. The van der Waals surface area contributed by atoms with Gasteiger partial charge in [-0.15, -0.1) is 0 Å². The summed E-state index contributed by atoms with van der Waals surface area (Å²) in [5.41, 5.74) is 3.76. The molecule has 32 heavy (non-hydrogen) atoms. The second-order valence-corrected chi connectivity index (χ2v) is 7.45. The van der Waals surface area contributed by atoms with Gasteiger partial charge in [-0.3, -0.25) is 4.79 Å². The number of hydrogen-bond acceptors (Lipinski definition) is 7. The van der Waals surface area contributed by atoms with Gasteiger partial charge in [-0.25, -0.2) is 9.97 Å². The lowest BCUT2D eigenvalue weighted by molar-refractivity contribution is 0.122. The van der Waals surface area contributed by atoms with E-state index in [0.29, 0.717) is 28.2 Å². The first-order chi connectivity index (χ1) is 15.7. The number of fused-ring (bicyclic) bond motifs is 1. The topological polar surface area (TPSA) is 92.4 Å². The van der Waals surface area contributed by atoms with Gasteiger partial charge in [-0.05, 0) is 42.5 Å². The van der Waals surface area contributed by atoms with Crippen molar-refractivity contribution in [2.24, 2.45) is 0 Å². The molecule has 162 valence electrons. The summed E-state index contributed by atoms with van der Waals surface area (Å²) in [5, 5.41) is 3.72. The van der Waals surface area contributed by atoms with E-state index in [9.17, 15) is 4.79 Å².